The Balaban J connectivity index is 1.57. The van der Waals surface area contributed by atoms with Crippen LogP contribution in [0.4, 0.5) is 0 Å². The molecule has 0 saturated carbocycles. The fourth-order valence-corrected chi connectivity index (χ4v) is 2.98. The summed E-state index contributed by atoms with van der Waals surface area (Å²) in [5, 5.41) is 3.05. The first-order chi connectivity index (χ1) is 12.7. The van der Waals surface area contributed by atoms with Crippen molar-refractivity contribution in [3.63, 3.8) is 0 Å². The number of fused-ring (bicyclic) bond motifs is 1. The first-order valence-corrected chi connectivity index (χ1v) is 8.43. The van der Waals surface area contributed by atoms with Crippen LogP contribution in [0.1, 0.15) is 17.4 Å². The summed E-state index contributed by atoms with van der Waals surface area (Å²) in [6.45, 7) is 0.172. The number of hydrogen-bond donors (Lipinski definition) is 1. The third kappa shape index (κ3) is 3.13. The fraction of sp³-hybridized carbons (Fsp3) is 0.200. The van der Waals surface area contributed by atoms with E-state index in [1.165, 1.54) is 0 Å². The Hall–Kier alpha value is -3.28. The fourth-order valence-electron chi connectivity index (χ4n) is 2.98. The van der Waals surface area contributed by atoms with Crippen molar-refractivity contribution < 1.29 is 14.3 Å². The molecule has 1 N–H and O–H groups in total. The minimum absolute atomic E-state index is 0.172. The van der Waals surface area contributed by atoms with E-state index in [-0.39, 0.29) is 18.6 Å². The molecular weight excluding hydrogens is 330 g/mol. The Morgan fingerprint density at radius 2 is 1.88 bits per heavy atom. The van der Waals surface area contributed by atoms with E-state index in [0.29, 0.717) is 11.5 Å². The molecule has 1 aromatic heterocycles. The van der Waals surface area contributed by atoms with Gasteiger partial charge in [0.25, 0.3) is 5.91 Å². The van der Waals surface area contributed by atoms with Crippen LogP contribution < -0.4 is 14.8 Å². The van der Waals surface area contributed by atoms with E-state index in [1.54, 1.807) is 12.3 Å². The molecule has 1 aliphatic rings. The number of carbonyl (C=O) groups is 1. The van der Waals surface area contributed by atoms with Gasteiger partial charge in [0.15, 0.2) is 11.5 Å². The summed E-state index contributed by atoms with van der Waals surface area (Å²) in [6.07, 6.45) is 2.86. The minimum atomic E-state index is -0.712. The molecule has 0 aliphatic carbocycles. The molecular formula is C20H19N3O3. The predicted octanol–water partition coefficient (Wildman–Crippen LogP) is 2.47. The zero-order valence-electron chi connectivity index (χ0n) is 14.3. The van der Waals surface area contributed by atoms with Crippen molar-refractivity contribution in [2.75, 3.05) is 6.61 Å². The second kappa shape index (κ2) is 6.92. The molecule has 0 saturated heterocycles. The lowest BCUT2D eigenvalue weighted by Gasteiger charge is -2.27. The Bertz CT molecular complexity index is 907. The molecule has 0 bridgehead atoms. The first kappa shape index (κ1) is 16.2. The molecule has 0 radical (unpaired) electrons. The van der Waals surface area contributed by atoms with Crippen molar-refractivity contribution in [1.82, 2.24) is 14.9 Å². The quantitative estimate of drug-likeness (QED) is 0.786. The number of para-hydroxylation sites is 2. The summed E-state index contributed by atoms with van der Waals surface area (Å²) in [6, 6.07) is 16.7. The maximum absolute atomic E-state index is 12.8. The zero-order chi connectivity index (χ0) is 17.9. The molecule has 132 valence electrons. The summed E-state index contributed by atoms with van der Waals surface area (Å²) in [7, 11) is 1.90. The molecule has 4 rings (SSSR count). The molecule has 1 amide bonds. The molecule has 0 unspecified atom stereocenters. The van der Waals surface area contributed by atoms with Crippen LogP contribution in [0.15, 0.2) is 67.0 Å². The average molecular weight is 349 g/mol. The van der Waals surface area contributed by atoms with Crippen LogP contribution in [-0.4, -0.2) is 28.2 Å². The van der Waals surface area contributed by atoms with E-state index in [2.05, 4.69) is 10.3 Å². The van der Waals surface area contributed by atoms with Gasteiger partial charge in [-0.15, -0.1) is 0 Å². The predicted molar refractivity (Wildman–Crippen MR) is 96.0 cm³/mol. The van der Waals surface area contributed by atoms with Crippen molar-refractivity contribution in [3.8, 4) is 11.5 Å². The van der Waals surface area contributed by atoms with E-state index < -0.39 is 6.10 Å². The van der Waals surface area contributed by atoms with Gasteiger partial charge in [-0.05, 0) is 17.7 Å². The number of benzene rings is 2. The van der Waals surface area contributed by atoms with Crippen molar-refractivity contribution in [2.24, 2.45) is 7.05 Å². The van der Waals surface area contributed by atoms with Crippen LogP contribution in [0.3, 0.4) is 0 Å². The second-order valence-electron chi connectivity index (χ2n) is 6.11. The third-order valence-electron chi connectivity index (χ3n) is 4.34. The summed E-state index contributed by atoms with van der Waals surface area (Å²) < 4.78 is 13.4. The maximum atomic E-state index is 12.8. The van der Waals surface area contributed by atoms with Gasteiger partial charge in [-0.1, -0.05) is 42.5 Å². The number of amides is 1. The molecule has 6 heteroatoms. The van der Waals surface area contributed by atoms with Crippen LogP contribution in [0.25, 0.3) is 0 Å². The van der Waals surface area contributed by atoms with Crippen LogP contribution in [0, 0.1) is 0 Å². The van der Waals surface area contributed by atoms with Crippen LogP contribution in [0.5, 0.6) is 11.5 Å². The zero-order valence-corrected chi connectivity index (χ0v) is 14.3. The average Bonchev–Trinajstić information content (AvgIpc) is 3.12. The smallest absolute Gasteiger partial charge is 0.265 e. The molecule has 2 aromatic carbocycles. The number of aryl methyl sites for hydroxylation is 1. The van der Waals surface area contributed by atoms with E-state index in [1.807, 2.05) is 66.3 Å². The number of nitrogens with one attached hydrogen (secondary N) is 1. The van der Waals surface area contributed by atoms with Crippen LogP contribution >= 0.6 is 0 Å². The largest absolute Gasteiger partial charge is 0.485 e. The lowest BCUT2D eigenvalue weighted by atomic mass is 10.1. The number of carbonyl (C=O) groups excluding carboxylic acids is 1. The molecule has 1 aliphatic heterocycles. The van der Waals surface area contributed by atoms with Gasteiger partial charge >= 0.3 is 0 Å². The van der Waals surface area contributed by atoms with Gasteiger partial charge in [-0.25, -0.2) is 4.98 Å². The number of hydrogen-bond acceptors (Lipinski definition) is 4. The number of rotatable bonds is 4. The summed E-state index contributed by atoms with van der Waals surface area (Å²) in [5.74, 6) is 1.74. The number of imidazole rings is 1. The van der Waals surface area contributed by atoms with Gasteiger partial charge in [-0.3, -0.25) is 4.79 Å². The molecule has 26 heavy (non-hydrogen) atoms. The molecule has 6 nitrogen and oxygen atoms in total. The van der Waals surface area contributed by atoms with Gasteiger partial charge in [0.1, 0.15) is 18.5 Å². The highest BCUT2D eigenvalue weighted by molar-refractivity contribution is 5.82. The summed E-state index contributed by atoms with van der Waals surface area (Å²) in [4.78, 5) is 17.2. The van der Waals surface area contributed by atoms with Crippen molar-refractivity contribution in [3.05, 3.63) is 78.4 Å². The highest BCUT2D eigenvalue weighted by Gasteiger charge is 2.30. The topological polar surface area (TPSA) is 65.4 Å². The van der Waals surface area contributed by atoms with Crippen molar-refractivity contribution in [1.29, 1.82) is 0 Å². The molecule has 2 atom stereocenters. The molecule has 0 spiro atoms. The summed E-state index contributed by atoms with van der Waals surface area (Å²) in [5.41, 5.74) is 0.951. The maximum Gasteiger partial charge on any atom is 0.265 e. The Labute approximate surface area is 151 Å². The Morgan fingerprint density at radius 3 is 2.62 bits per heavy atom. The standard InChI is InChI=1S/C20H19N3O3/c1-23-12-11-21-19(23)18(14-7-3-2-4-8-14)22-20(24)17-13-25-15-9-5-6-10-16(15)26-17/h2-12,17-18H,13H2,1H3,(H,22,24)/t17-,18+/m0/s1. The Kier molecular flexibility index (Phi) is 4.31. The first-order valence-electron chi connectivity index (χ1n) is 8.43. The third-order valence-corrected chi connectivity index (χ3v) is 4.34. The van der Waals surface area contributed by atoms with Gasteiger partial charge in [0.05, 0.1) is 0 Å². The van der Waals surface area contributed by atoms with Crippen molar-refractivity contribution in [2.45, 2.75) is 12.1 Å². The van der Waals surface area contributed by atoms with E-state index >= 15 is 0 Å². The van der Waals surface area contributed by atoms with Crippen molar-refractivity contribution >= 4 is 5.91 Å². The van der Waals surface area contributed by atoms with Gasteiger partial charge < -0.3 is 19.4 Å². The number of nitrogens with zero attached hydrogens (tertiary/aromatic N) is 2. The lowest BCUT2D eigenvalue weighted by molar-refractivity contribution is -0.130. The monoisotopic (exact) mass is 349 g/mol. The van der Waals surface area contributed by atoms with Crippen LogP contribution in [0.2, 0.25) is 0 Å². The van der Waals surface area contributed by atoms with E-state index in [0.717, 1.165) is 11.4 Å². The van der Waals surface area contributed by atoms with Crippen LogP contribution in [-0.2, 0) is 11.8 Å². The van der Waals surface area contributed by atoms with E-state index in [4.69, 9.17) is 9.47 Å². The molecule has 0 fully saturated rings. The Morgan fingerprint density at radius 1 is 1.15 bits per heavy atom. The van der Waals surface area contributed by atoms with Gasteiger partial charge in [0.2, 0.25) is 6.10 Å². The molecule has 2 heterocycles. The van der Waals surface area contributed by atoms with Gasteiger partial charge in [0, 0.05) is 19.4 Å². The van der Waals surface area contributed by atoms with E-state index in [9.17, 15) is 4.79 Å². The minimum Gasteiger partial charge on any atom is -0.485 e. The summed E-state index contributed by atoms with van der Waals surface area (Å²) >= 11 is 0. The number of ether oxygens (including phenoxy) is 2. The molecule has 3 aromatic rings. The highest BCUT2D eigenvalue weighted by atomic mass is 16.6. The normalized spacial score (nSPS) is 16.7. The number of aromatic nitrogens is 2. The lowest BCUT2D eigenvalue weighted by Crippen LogP contribution is -2.45. The van der Waals surface area contributed by atoms with Gasteiger partial charge in [-0.2, -0.15) is 0 Å². The highest BCUT2D eigenvalue weighted by Crippen LogP contribution is 2.31. The second-order valence-corrected chi connectivity index (χ2v) is 6.11. The SMILES string of the molecule is Cn1ccnc1[C@H](NC(=O)[C@@H]1COc2ccccc2O1)c1ccccc1.